The third-order valence-electron chi connectivity index (χ3n) is 4.62. The number of carbonyl (C=O) groups is 2. The van der Waals surface area contributed by atoms with Crippen LogP contribution in [0, 0.1) is 5.92 Å². The number of aromatic nitrogens is 1. The molecule has 0 aliphatic carbocycles. The molecule has 2 aromatic rings. The van der Waals surface area contributed by atoms with Crippen molar-refractivity contribution in [3.8, 4) is 11.3 Å². The van der Waals surface area contributed by atoms with E-state index in [0.717, 1.165) is 6.26 Å². The summed E-state index contributed by atoms with van der Waals surface area (Å²) >= 11 is 0. The second-order valence-electron chi connectivity index (χ2n) is 6.72. The van der Waals surface area contributed by atoms with Crippen LogP contribution < -0.4 is 0 Å². The van der Waals surface area contributed by atoms with Gasteiger partial charge in [0.1, 0.15) is 0 Å². The summed E-state index contributed by atoms with van der Waals surface area (Å²) in [6, 6.07) is 7.67. The van der Waals surface area contributed by atoms with Gasteiger partial charge in [0, 0.05) is 31.0 Å². The molecular formula is C19H22N2O6S. The third kappa shape index (κ3) is 4.41. The standard InChI is InChI=1S/C19H22N2O6S/c1-3-26-19(23)14-5-4-10-21(12-14)18(22)16-11-17(27-20-16)13-6-8-15(9-7-13)28(2,24)25/h6-9,11,14H,3-5,10,12H2,1-2H3. The summed E-state index contributed by atoms with van der Waals surface area (Å²) in [6.45, 7) is 2.90. The van der Waals surface area contributed by atoms with Crippen molar-refractivity contribution >= 4 is 21.7 Å². The molecular weight excluding hydrogens is 384 g/mol. The Morgan fingerprint density at radius 1 is 1.29 bits per heavy atom. The Kier molecular flexibility index (Phi) is 5.83. The Labute approximate surface area is 163 Å². The number of nitrogens with zero attached hydrogens (tertiary/aromatic N) is 2. The largest absolute Gasteiger partial charge is 0.466 e. The summed E-state index contributed by atoms with van der Waals surface area (Å²) in [5.41, 5.74) is 0.758. The lowest BCUT2D eigenvalue weighted by Crippen LogP contribution is -2.42. The fourth-order valence-corrected chi connectivity index (χ4v) is 3.79. The SMILES string of the molecule is CCOC(=O)C1CCCN(C(=O)c2cc(-c3ccc(S(C)(=O)=O)cc3)on2)C1. The second-order valence-corrected chi connectivity index (χ2v) is 8.73. The van der Waals surface area contributed by atoms with Gasteiger partial charge in [-0.2, -0.15) is 0 Å². The molecule has 1 saturated heterocycles. The third-order valence-corrected chi connectivity index (χ3v) is 5.75. The number of carbonyl (C=O) groups excluding carboxylic acids is 2. The maximum atomic E-state index is 12.7. The van der Waals surface area contributed by atoms with Crippen molar-refractivity contribution in [2.45, 2.75) is 24.7 Å². The first kappa shape index (κ1) is 20.1. The average molecular weight is 406 g/mol. The zero-order chi connectivity index (χ0) is 20.3. The van der Waals surface area contributed by atoms with E-state index in [1.807, 2.05) is 0 Å². The maximum Gasteiger partial charge on any atom is 0.310 e. The number of hydrogen-bond acceptors (Lipinski definition) is 7. The second kappa shape index (κ2) is 8.14. The Morgan fingerprint density at radius 3 is 2.64 bits per heavy atom. The molecule has 1 aliphatic rings. The van der Waals surface area contributed by atoms with Crippen LogP contribution in [-0.4, -0.2) is 56.3 Å². The smallest absolute Gasteiger partial charge is 0.310 e. The number of hydrogen-bond donors (Lipinski definition) is 0. The van der Waals surface area contributed by atoms with Crippen LogP contribution in [0.2, 0.25) is 0 Å². The molecule has 0 N–H and O–H groups in total. The predicted octanol–water partition coefficient (Wildman–Crippen LogP) is 2.16. The minimum Gasteiger partial charge on any atom is -0.466 e. The van der Waals surface area contributed by atoms with Gasteiger partial charge in [-0.25, -0.2) is 8.42 Å². The molecule has 8 nitrogen and oxygen atoms in total. The van der Waals surface area contributed by atoms with Crippen LogP contribution in [-0.2, 0) is 19.4 Å². The van der Waals surface area contributed by atoms with Gasteiger partial charge in [0.05, 0.1) is 17.4 Å². The Bertz CT molecular complexity index is 965. The molecule has 0 saturated carbocycles. The molecule has 150 valence electrons. The van der Waals surface area contributed by atoms with Crippen molar-refractivity contribution in [2.24, 2.45) is 5.92 Å². The molecule has 1 aromatic carbocycles. The summed E-state index contributed by atoms with van der Waals surface area (Å²) in [4.78, 5) is 26.5. The highest BCUT2D eigenvalue weighted by Crippen LogP contribution is 2.24. The van der Waals surface area contributed by atoms with Gasteiger partial charge >= 0.3 is 5.97 Å². The first-order valence-electron chi connectivity index (χ1n) is 9.02. The maximum absolute atomic E-state index is 12.7. The van der Waals surface area contributed by atoms with E-state index in [2.05, 4.69) is 5.16 Å². The highest BCUT2D eigenvalue weighted by molar-refractivity contribution is 7.90. The molecule has 1 fully saturated rings. The molecule has 1 atom stereocenters. The summed E-state index contributed by atoms with van der Waals surface area (Å²) in [7, 11) is -3.29. The number of sulfone groups is 1. The summed E-state index contributed by atoms with van der Waals surface area (Å²) in [5.74, 6) is -0.557. The minimum atomic E-state index is -3.29. The Hall–Kier alpha value is -2.68. The molecule has 0 bridgehead atoms. The molecule has 3 rings (SSSR count). The van der Waals surface area contributed by atoms with Gasteiger partial charge in [-0.3, -0.25) is 9.59 Å². The summed E-state index contributed by atoms with van der Waals surface area (Å²) in [6.07, 6.45) is 2.54. The quantitative estimate of drug-likeness (QED) is 0.700. The molecule has 28 heavy (non-hydrogen) atoms. The number of ether oxygens (including phenoxy) is 1. The topological polar surface area (TPSA) is 107 Å². The first-order chi connectivity index (χ1) is 13.3. The van der Waals surface area contributed by atoms with Crippen molar-refractivity contribution in [1.29, 1.82) is 0 Å². The van der Waals surface area contributed by atoms with Crippen LogP contribution in [0.4, 0.5) is 0 Å². The van der Waals surface area contributed by atoms with Gasteiger partial charge in [0.25, 0.3) is 5.91 Å². The molecule has 9 heteroatoms. The van der Waals surface area contributed by atoms with Crippen LogP contribution in [0.3, 0.4) is 0 Å². The normalized spacial score (nSPS) is 17.4. The van der Waals surface area contributed by atoms with E-state index in [9.17, 15) is 18.0 Å². The zero-order valence-electron chi connectivity index (χ0n) is 15.8. The van der Waals surface area contributed by atoms with Gasteiger partial charge in [0.15, 0.2) is 21.3 Å². The van der Waals surface area contributed by atoms with E-state index in [0.29, 0.717) is 43.9 Å². The first-order valence-corrected chi connectivity index (χ1v) is 10.9. The highest BCUT2D eigenvalue weighted by Gasteiger charge is 2.31. The fourth-order valence-electron chi connectivity index (χ4n) is 3.15. The number of likely N-dealkylation sites (tertiary alicyclic amines) is 1. The molecule has 1 amide bonds. The summed E-state index contributed by atoms with van der Waals surface area (Å²) < 4.78 is 33.4. The molecule has 1 unspecified atom stereocenters. The molecule has 1 aromatic heterocycles. The van der Waals surface area contributed by atoms with Crippen LogP contribution in [0.1, 0.15) is 30.3 Å². The van der Waals surface area contributed by atoms with E-state index >= 15 is 0 Å². The van der Waals surface area contributed by atoms with Crippen molar-refractivity contribution in [1.82, 2.24) is 10.1 Å². The Morgan fingerprint density at radius 2 is 2.00 bits per heavy atom. The van der Waals surface area contributed by atoms with Crippen LogP contribution in [0.5, 0.6) is 0 Å². The predicted molar refractivity (Wildman–Crippen MR) is 100 cm³/mol. The molecule has 0 spiro atoms. The van der Waals surface area contributed by atoms with Crippen molar-refractivity contribution in [3.05, 3.63) is 36.0 Å². The van der Waals surface area contributed by atoms with Gasteiger partial charge < -0.3 is 14.2 Å². The van der Waals surface area contributed by atoms with Crippen molar-refractivity contribution in [2.75, 3.05) is 26.0 Å². The molecule has 0 radical (unpaired) electrons. The lowest BCUT2D eigenvalue weighted by atomic mass is 9.98. The molecule has 1 aliphatic heterocycles. The zero-order valence-corrected chi connectivity index (χ0v) is 16.6. The van der Waals surface area contributed by atoms with Crippen LogP contribution >= 0.6 is 0 Å². The summed E-state index contributed by atoms with van der Waals surface area (Å²) in [5, 5.41) is 3.84. The van der Waals surface area contributed by atoms with Gasteiger partial charge in [0.2, 0.25) is 0 Å². The van der Waals surface area contributed by atoms with E-state index in [4.69, 9.17) is 9.26 Å². The highest BCUT2D eigenvalue weighted by atomic mass is 32.2. The number of rotatable bonds is 5. The van der Waals surface area contributed by atoms with Gasteiger partial charge in [-0.05, 0) is 44.0 Å². The van der Waals surface area contributed by atoms with E-state index in [-0.39, 0.29) is 28.4 Å². The Balaban J connectivity index is 1.72. The van der Waals surface area contributed by atoms with Crippen molar-refractivity contribution in [3.63, 3.8) is 0 Å². The van der Waals surface area contributed by atoms with E-state index in [1.165, 1.54) is 18.2 Å². The number of benzene rings is 1. The number of esters is 1. The monoisotopic (exact) mass is 406 g/mol. The van der Waals surface area contributed by atoms with E-state index < -0.39 is 9.84 Å². The fraction of sp³-hybridized carbons (Fsp3) is 0.421. The number of amides is 1. The average Bonchev–Trinajstić information content (AvgIpc) is 3.17. The molecule has 2 heterocycles. The van der Waals surface area contributed by atoms with Crippen LogP contribution in [0.15, 0.2) is 39.8 Å². The van der Waals surface area contributed by atoms with Crippen molar-refractivity contribution < 1.29 is 27.3 Å². The lowest BCUT2D eigenvalue weighted by molar-refractivity contribution is -0.149. The lowest BCUT2D eigenvalue weighted by Gasteiger charge is -2.30. The number of piperidine rings is 1. The van der Waals surface area contributed by atoms with Gasteiger partial charge in [-0.1, -0.05) is 5.16 Å². The van der Waals surface area contributed by atoms with Gasteiger partial charge in [-0.15, -0.1) is 0 Å². The minimum absolute atomic E-state index is 0.145. The van der Waals surface area contributed by atoms with Crippen LogP contribution in [0.25, 0.3) is 11.3 Å². The van der Waals surface area contributed by atoms with E-state index in [1.54, 1.807) is 24.0 Å².